The van der Waals surface area contributed by atoms with Gasteiger partial charge in [0.2, 0.25) is 11.8 Å². The third kappa shape index (κ3) is 4.07. The Morgan fingerprint density at radius 3 is 2.84 bits per heavy atom. The number of aromatic nitrogens is 2. The van der Waals surface area contributed by atoms with E-state index >= 15 is 0 Å². The summed E-state index contributed by atoms with van der Waals surface area (Å²) in [6, 6.07) is 7.90. The van der Waals surface area contributed by atoms with E-state index in [0.29, 0.717) is 19.5 Å². The summed E-state index contributed by atoms with van der Waals surface area (Å²) in [6.45, 7) is 2.81. The van der Waals surface area contributed by atoms with Gasteiger partial charge in [-0.2, -0.15) is 5.10 Å². The van der Waals surface area contributed by atoms with Crippen LogP contribution in [-0.4, -0.2) is 39.6 Å². The Labute approximate surface area is 147 Å². The van der Waals surface area contributed by atoms with Crippen molar-refractivity contribution in [1.82, 2.24) is 20.0 Å². The summed E-state index contributed by atoms with van der Waals surface area (Å²) in [7, 11) is 1.87. The number of benzene rings is 1. The molecule has 132 valence electrons. The van der Waals surface area contributed by atoms with E-state index in [1.54, 1.807) is 17.8 Å². The number of carbonyl (C=O) groups is 2. The smallest absolute Gasteiger partial charge is 0.222 e. The van der Waals surface area contributed by atoms with Crippen LogP contribution in [0.25, 0.3) is 0 Å². The summed E-state index contributed by atoms with van der Waals surface area (Å²) in [5.74, 6) is -0.0143. The quantitative estimate of drug-likeness (QED) is 0.899. The van der Waals surface area contributed by atoms with Crippen LogP contribution in [0.2, 0.25) is 0 Å². The Kier molecular flexibility index (Phi) is 5.16. The molecule has 0 fully saturated rings. The molecule has 6 nitrogen and oxygen atoms in total. The van der Waals surface area contributed by atoms with Gasteiger partial charge < -0.3 is 10.2 Å². The van der Waals surface area contributed by atoms with Crippen molar-refractivity contribution in [2.24, 2.45) is 7.05 Å². The van der Waals surface area contributed by atoms with Gasteiger partial charge in [0, 0.05) is 33.3 Å². The fourth-order valence-electron chi connectivity index (χ4n) is 3.44. The molecule has 6 heteroatoms. The average molecular weight is 340 g/mol. The number of fused-ring (bicyclic) bond motifs is 1. The molecule has 0 saturated heterocycles. The van der Waals surface area contributed by atoms with E-state index in [-0.39, 0.29) is 17.9 Å². The maximum atomic E-state index is 12.4. The van der Waals surface area contributed by atoms with Crippen LogP contribution >= 0.6 is 0 Å². The number of hydrogen-bond acceptors (Lipinski definition) is 3. The topological polar surface area (TPSA) is 67.2 Å². The van der Waals surface area contributed by atoms with E-state index in [0.717, 1.165) is 24.0 Å². The van der Waals surface area contributed by atoms with Gasteiger partial charge in [0.15, 0.2) is 0 Å². The van der Waals surface area contributed by atoms with E-state index in [4.69, 9.17) is 0 Å². The fourth-order valence-corrected chi connectivity index (χ4v) is 3.44. The molecule has 0 radical (unpaired) electrons. The Hall–Kier alpha value is -2.63. The first-order chi connectivity index (χ1) is 12.0. The van der Waals surface area contributed by atoms with Crippen molar-refractivity contribution in [3.8, 4) is 0 Å². The Morgan fingerprint density at radius 2 is 2.12 bits per heavy atom. The number of amides is 2. The van der Waals surface area contributed by atoms with Crippen molar-refractivity contribution in [2.45, 2.75) is 32.2 Å². The van der Waals surface area contributed by atoms with Crippen LogP contribution in [-0.2, 0) is 29.5 Å². The highest BCUT2D eigenvalue weighted by Gasteiger charge is 2.30. The number of carbonyl (C=O) groups excluding carboxylic acids is 2. The van der Waals surface area contributed by atoms with Gasteiger partial charge in [-0.15, -0.1) is 0 Å². The third-order valence-corrected chi connectivity index (χ3v) is 4.69. The number of hydrogen-bond donors (Lipinski definition) is 1. The van der Waals surface area contributed by atoms with Gasteiger partial charge >= 0.3 is 0 Å². The van der Waals surface area contributed by atoms with Crippen LogP contribution in [0.15, 0.2) is 36.7 Å². The number of nitrogens with one attached hydrogen (secondary N) is 1. The zero-order valence-corrected chi connectivity index (χ0v) is 14.7. The molecule has 2 aromatic rings. The molecule has 1 N–H and O–H groups in total. The molecule has 0 saturated carbocycles. The van der Waals surface area contributed by atoms with Crippen LogP contribution in [0.4, 0.5) is 0 Å². The minimum Gasteiger partial charge on any atom is -0.356 e. The van der Waals surface area contributed by atoms with Crippen molar-refractivity contribution in [1.29, 1.82) is 0 Å². The van der Waals surface area contributed by atoms with E-state index in [2.05, 4.69) is 16.5 Å². The number of rotatable bonds is 5. The van der Waals surface area contributed by atoms with Crippen LogP contribution < -0.4 is 5.32 Å². The van der Waals surface area contributed by atoms with Crippen molar-refractivity contribution in [2.75, 3.05) is 13.1 Å². The van der Waals surface area contributed by atoms with E-state index in [1.807, 2.05) is 36.3 Å². The molecule has 1 atom stereocenters. The number of nitrogens with zero attached hydrogens (tertiary/aromatic N) is 3. The van der Waals surface area contributed by atoms with Gasteiger partial charge in [0.25, 0.3) is 0 Å². The lowest BCUT2D eigenvalue weighted by Gasteiger charge is -2.36. The molecular formula is C19H24N4O2. The second-order valence-corrected chi connectivity index (χ2v) is 6.50. The summed E-state index contributed by atoms with van der Waals surface area (Å²) < 4.78 is 1.75. The highest BCUT2D eigenvalue weighted by molar-refractivity contribution is 5.79. The molecule has 0 spiro atoms. The lowest BCUT2D eigenvalue weighted by molar-refractivity contribution is -0.133. The summed E-state index contributed by atoms with van der Waals surface area (Å²) >= 11 is 0. The van der Waals surface area contributed by atoms with Gasteiger partial charge in [-0.25, -0.2) is 0 Å². The third-order valence-electron chi connectivity index (χ3n) is 4.69. The molecule has 25 heavy (non-hydrogen) atoms. The van der Waals surface area contributed by atoms with E-state index < -0.39 is 0 Å². The van der Waals surface area contributed by atoms with Crippen molar-refractivity contribution < 1.29 is 9.59 Å². The molecule has 1 aromatic carbocycles. The van der Waals surface area contributed by atoms with Gasteiger partial charge in [0.05, 0.1) is 18.7 Å². The zero-order valence-electron chi connectivity index (χ0n) is 14.7. The first kappa shape index (κ1) is 17.2. The average Bonchev–Trinajstić information content (AvgIpc) is 3.00. The van der Waals surface area contributed by atoms with E-state index in [1.165, 1.54) is 5.56 Å². The first-order valence-corrected chi connectivity index (χ1v) is 8.64. The first-order valence-electron chi connectivity index (χ1n) is 8.64. The maximum Gasteiger partial charge on any atom is 0.222 e. The minimum atomic E-state index is -0.180. The monoisotopic (exact) mass is 340 g/mol. The molecule has 2 amide bonds. The van der Waals surface area contributed by atoms with Crippen LogP contribution in [0, 0.1) is 0 Å². The largest absolute Gasteiger partial charge is 0.356 e. The van der Waals surface area contributed by atoms with Gasteiger partial charge in [-0.1, -0.05) is 24.3 Å². The molecule has 0 bridgehead atoms. The summed E-state index contributed by atoms with van der Waals surface area (Å²) in [6.07, 6.45) is 5.64. The SMILES string of the molecule is CC(=O)N1CCc2ccccc2[C@H]1CC(=O)NCCc1cnn(C)c1. The molecule has 0 aliphatic carbocycles. The lowest BCUT2D eigenvalue weighted by atomic mass is 9.90. The molecule has 1 aliphatic rings. The summed E-state index contributed by atoms with van der Waals surface area (Å²) in [5, 5.41) is 7.09. The molecular weight excluding hydrogens is 316 g/mol. The van der Waals surface area contributed by atoms with Gasteiger partial charge in [-0.3, -0.25) is 14.3 Å². The molecule has 2 heterocycles. The maximum absolute atomic E-state index is 12.4. The normalized spacial score (nSPS) is 16.4. The van der Waals surface area contributed by atoms with Crippen LogP contribution in [0.1, 0.15) is 36.1 Å². The van der Waals surface area contributed by atoms with E-state index in [9.17, 15) is 9.59 Å². The minimum absolute atomic E-state index is 0.0164. The van der Waals surface area contributed by atoms with Crippen molar-refractivity contribution in [3.63, 3.8) is 0 Å². The fraction of sp³-hybridized carbons (Fsp3) is 0.421. The van der Waals surface area contributed by atoms with Crippen LogP contribution in [0.5, 0.6) is 0 Å². The predicted octanol–water partition coefficient (Wildman–Crippen LogP) is 1.61. The highest BCUT2D eigenvalue weighted by atomic mass is 16.2. The van der Waals surface area contributed by atoms with Crippen LogP contribution in [0.3, 0.4) is 0 Å². The molecule has 3 rings (SSSR count). The van der Waals surface area contributed by atoms with Crippen molar-refractivity contribution in [3.05, 3.63) is 53.3 Å². The Balaban J connectivity index is 1.62. The molecule has 1 aliphatic heterocycles. The second kappa shape index (κ2) is 7.51. The molecule has 1 aromatic heterocycles. The standard InChI is InChI=1S/C19H24N4O2/c1-14(24)23-10-8-16-5-3-4-6-17(16)18(23)11-19(25)20-9-7-15-12-21-22(2)13-15/h3-6,12-13,18H,7-11H2,1-2H3,(H,20,25)/t18-/m1/s1. The van der Waals surface area contributed by atoms with Gasteiger partial charge in [-0.05, 0) is 29.5 Å². The summed E-state index contributed by atoms with van der Waals surface area (Å²) in [5.41, 5.74) is 3.41. The Bertz CT molecular complexity index is 768. The highest BCUT2D eigenvalue weighted by Crippen LogP contribution is 2.32. The summed E-state index contributed by atoms with van der Waals surface area (Å²) in [4.78, 5) is 26.2. The zero-order chi connectivity index (χ0) is 17.8. The van der Waals surface area contributed by atoms with Crippen molar-refractivity contribution >= 4 is 11.8 Å². The molecule has 0 unspecified atom stereocenters. The lowest BCUT2D eigenvalue weighted by Crippen LogP contribution is -2.41. The number of aryl methyl sites for hydroxylation is 1. The Morgan fingerprint density at radius 1 is 1.32 bits per heavy atom. The van der Waals surface area contributed by atoms with Gasteiger partial charge in [0.1, 0.15) is 0 Å². The second-order valence-electron chi connectivity index (χ2n) is 6.50. The predicted molar refractivity (Wildman–Crippen MR) is 94.8 cm³/mol.